The third-order valence-electron chi connectivity index (χ3n) is 4.56. The minimum absolute atomic E-state index is 0.202. The first-order valence-electron chi connectivity index (χ1n) is 8.43. The van der Waals surface area contributed by atoms with Crippen LogP contribution in [0.3, 0.4) is 0 Å². The van der Waals surface area contributed by atoms with Crippen LogP contribution in [0.4, 0.5) is 5.69 Å². The van der Waals surface area contributed by atoms with Crippen LogP contribution in [0.2, 0.25) is 0 Å². The van der Waals surface area contributed by atoms with Crippen molar-refractivity contribution in [1.29, 1.82) is 0 Å². The Morgan fingerprint density at radius 2 is 1.78 bits per heavy atom. The van der Waals surface area contributed by atoms with Gasteiger partial charge in [-0.25, -0.2) is 9.88 Å². The van der Waals surface area contributed by atoms with Crippen molar-refractivity contribution in [3.8, 4) is 10.6 Å². The third-order valence-corrected chi connectivity index (χ3v) is 5.63. The minimum atomic E-state index is -0.390. The molecule has 4 aromatic rings. The zero-order valence-electron chi connectivity index (χ0n) is 14.3. The number of benzene rings is 2. The lowest BCUT2D eigenvalue weighted by molar-refractivity contribution is 0.0924. The van der Waals surface area contributed by atoms with Crippen molar-refractivity contribution in [3.05, 3.63) is 77.6 Å². The number of aryl methyl sites for hydroxylation is 1. The Morgan fingerprint density at radius 3 is 2.56 bits per heavy atom. The average molecular weight is 371 g/mol. The first kappa shape index (κ1) is 15.8. The van der Waals surface area contributed by atoms with Crippen LogP contribution in [-0.4, -0.2) is 21.8 Å². The van der Waals surface area contributed by atoms with Gasteiger partial charge in [0.15, 0.2) is 0 Å². The zero-order valence-corrected chi connectivity index (χ0v) is 15.2. The molecule has 1 aliphatic heterocycles. The molecule has 3 heterocycles. The Bertz CT molecular complexity index is 1190. The van der Waals surface area contributed by atoms with Crippen LogP contribution in [0.5, 0.6) is 0 Å². The number of carbonyl (C=O) groups excluding carboxylic acids is 2. The van der Waals surface area contributed by atoms with E-state index in [1.807, 2.05) is 24.3 Å². The van der Waals surface area contributed by atoms with Gasteiger partial charge in [-0.3, -0.25) is 14.6 Å². The molecule has 0 saturated carbocycles. The van der Waals surface area contributed by atoms with Gasteiger partial charge >= 0.3 is 0 Å². The first-order chi connectivity index (χ1) is 13.1. The summed E-state index contributed by atoms with van der Waals surface area (Å²) < 4.78 is 1.14. The molecule has 0 aliphatic carbocycles. The number of carbonyl (C=O) groups is 2. The molecule has 130 valence electrons. The van der Waals surface area contributed by atoms with E-state index in [9.17, 15) is 9.59 Å². The fourth-order valence-corrected chi connectivity index (χ4v) is 4.28. The van der Waals surface area contributed by atoms with E-state index in [0.717, 1.165) is 20.8 Å². The van der Waals surface area contributed by atoms with Crippen LogP contribution < -0.4 is 4.90 Å². The van der Waals surface area contributed by atoms with Crippen molar-refractivity contribution in [3.63, 3.8) is 0 Å². The van der Waals surface area contributed by atoms with E-state index in [2.05, 4.69) is 23.0 Å². The predicted molar refractivity (Wildman–Crippen MR) is 105 cm³/mol. The van der Waals surface area contributed by atoms with Crippen LogP contribution >= 0.6 is 11.3 Å². The van der Waals surface area contributed by atoms with Crippen molar-refractivity contribution >= 4 is 39.1 Å². The number of aromatic nitrogens is 2. The van der Waals surface area contributed by atoms with E-state index in [0.29, 0.717) is 11.3 Å². The summed E-state index contributed by atoms with van der Waals surface area (Å²) in [6.45, 7) is 2.06. The Hall–Kier alpha value is -3.38. The summed E-state index contributed by atoms with van der Waals surface area (Å²) >= 11 is 1.62. The Labute approximate surface area is 158 Å². The van der Waals surface area contributed by atoms with Gasteiger partial charge in [-0.15, -0.1) is 11.3 Å². The fourth-order valence-electron chi connectivity index (χ4n) is 3.21. The largest absolute Gasteiger partial charge is 0.284 e. The molecular formula is C21H13N3O2S. The maximum absolute atomic E-state index is 12.6. The van der Waals surface area contributed by atoms with E-state index >= 15 is 0 Å². The summed E-state index contributed by atoms with van der Waals surface area (Å²) in [6, 6.07) is 16.8. The molecule has 0 radical (unpaired) electrons. The Balaban J connectivity index is 1.50. The zero-order chi connectivity index (χ0) is 18.5. The maximum atomic E-state index is 12.6. The molecule has 5 rings (SSSR count). The molecule has 2 aromatic heterocycles. The number of fused-ring (bicyclic) bond motifs is 2. The number of thiazole rings is 1. The maximum Gasteiger partial charge on any atom is 0.284 e. The SMILES string of the molecule is Cc1ccc2nc(-c3ccc(N4C(=O)c5cccnc5C4=O)cc3)sc2c1. The van der Waals surface area contributed by atoms with Gasteiger partial charge in [0.05, 0.1) is 21.5 Å². The molecule has 2 aromatic carbocycles. The van der Waals surface area contributed by atoms with Gasteiger partial charge in [0, 0.05) is 11.8 Å². The number of hydrogen-bond donors (Lipinski definition) is 0. The first-order valence-corrected chi connectivity index (χ1v) is 9.25. The highest BCUT2D eigenvalue weighted by Crippen LogP contribution is 2.33. The number of nitrogens with zero attached hydrogens (tertiary/aromatic N) is 3. The average Bonchev–Trinajstić information content (AvgIpc) is 3.21. The summed E-state index contributed by atoms with van der Waals surface area (Å²) in [6.07, 6.45) is 1.52. The summed E-state index contributed by atoms with van der Waals surface area (Å²) in [4.78, 5) is 35.0. The number of imide groups is 1. The molecule has 0 bridgehead atoms. The quantitative estimate of drug-likeness (QED) is 0.488. The van der Waals surface area contributed by atoms with Crippen molar-refractivity contribution in [2.45, 2.75) is 6.92 Å². The second-order valence-corrected chi connectivity index (χ2v) is 7.41. The van der Waals surface area contributed by atoms with Gasteiger partial charge in [-0.05, 0) is 61.0 Å². The molecule has 27 heavy (non-hydrogen) atoms. The van der Waals surface area contributed by atoms with Crippen molar-refractivity contribution < 1.29 is 9.59 Å². The molecule has 0 spiro atoms. The van der Waals surface area contributed by atoms with Gasteiger partial charge in [-0.2, -0.15) is 0 Å². The molecule has 0 saturated heterocycles. The lowest BCUT2D eigenvalue weighted by atomic mass is 10.2. The minimum Gasteiger partial charge on any atom is -0.268 e. The summed E-state index contributed by atoms with van der Waals surface area (Å²) in [7, 11) is 0. The lowest BCUT2D eigenvalue weighted by Gasteiger charge is -2.13. The van der Waals surface area contributed by atoms with Gasteiger partial charge in [0.25, 0.3) is 11.8 Å². The van der Waals surface area contributed by atoms with Crippen LogP contribution in [0.1, 0.15) is 26.4 Å². The second-order valence-electron chi connectivity index (χ2n) is 6.38. The number of pyridine rings is 1. The normalized spacial score (nSPS) is 13.4. The molecular weight excluding hydrogens is 358 g/mol. The number of hydrogen-bond acceptors (Lipinski definition) is 5. The second kappa shape index (κ2) is 5.82. The third kappa shape index (κ3) is 2.45. The summed E-state index contributed by atoms with van der Waals surface area (Å²) in [5, 5.41) is 0.908. The molecule has 1 aliphatic rings. The molecule has 5 nitrogen and oxygen atoms in total. The molecule has 0 atom stereocenters. The van der Waals surface area contributed by atoms with Gasteiger partial charge < -0.3 is 0 Å². The van der Waals surface area contributed by atoms with Crippen LogP contribution in [0, 0.1) is 6.92 Å². The van der Waals surface area contributed by atoms with Gasteiger partial charge in [0.1, 0.15) is 10.7 Å². The van der Waals surface area contributed by atoms with Crippen molar-refractivity contribution in [2.75, 3.05) is 4.90 Å². The molecule has 0 fully saturated rings. The molecule has 0 N–H and O–H groups in total. The lowest BCUT2D eigenvalue weighted by Crippen LogP contribution is -2.29. The van der Waals surface area contributed by atoms with E-state index < -0.39 is 0 Å². The standard InChI is InChI=1S/C21H13N3O2S/c1-12-4-9-16-17(11-12)27-19(23-16)13-5-7-14(8-6-13)24-20(25)15-3-2-10-22-18(15)21(24)26/h2-11H,1H3. The van der Waals surface area contributed by atoms with Crippen LogP contribution in [0.15, 0.2) is 60.8 Å². The monoisotopic (exact) mass is 371 g/mol. The highest BCUT2D eigenvalue weighted by atomic mass is 32.1. The van der Waals surface area contributed by atoms with Crippen molar-refractivity contribution in [1.82, 2.24) is 9.97 Å². The fraction of sp³-hybridized carbons (Fsp3) is 0.0476. The smallest absolute Gasteiger partial charge is 0.268 e. The van der Waals surface area contributed by atoms with E-state index in [1.54, 1.807) is 35.6 Å². The molecule has 6 heteroatoms. The summed E-state index contributed by atoms with van der Waals surface area (Å²) in [5.41, 5.74) is 4.20. The van der Waals surface area contributed by atoms with Crippen molar-refractivity contribution in [2.24, 2.45) is 0 Å². The highest BCUT2D eigenvalue weighted by Gasteiger charge is 2.37. The molecule has 0 unspecified atom stereocenters. The Kier molecular flexibility index (Phi) is 3.42. The number of anilines is 1. The van der Waals surface area contributed by atoms with E-state index in [1.165, 1.54) is 16.7 Å². The predicted octanol–water partition coefficient (Wildman–Crippen LogP) is 4.47. The van der Waals surface area contributed by atoms with Gasteiger partial charge in [0.2, 0.25) is 0 Å². The molecule has 2 amide bonds. The highest BCUT2D eigenvalue weighted by molar-refractivity contribution is 7.21. The Morgan fingerprint density at radius 1 is 0.963 bits per heavy atom. The van der Waals surface area contributed by atoms with Crippen LogP contribution in [0.25, 0.3) is 20.8 Å². The van der Waals surface area contributed by atoms with E-state index in [4.69, 9.17) is 0 Å². The topological polar surface area (TPSA) is 63.2 Å². The van der Waals surface area contributed by atoms with Gasteiger partial charge in [-0.1, -0.05) is 6.07 Å². The van der Waals surface area contributed by atoms with E-state index in [-0.39, 0.29) is 17.5 Å². The number of rotatable bonds is 2. The van der Waals surface area contributed by atoms with Crippen LogP contribution in [-0.2, 0) is 0 Å². The number of amides is 2. The summed E-state index contributed by atoms with van der Waals surface area (Å²) in [5.74, 6) is -0.731.